The molecule has 0 amide bonds. The van der Waals surface area contributed by atoms with Crippen molar-refractivity contribution < 1.29 is 9.84 Å². The van der Waals surface area contributed by atoms with E-state index in [1.54, 1.807) is 35.1 Å². The van der Waals surface area contributed by atoms with E-state index in [1.165, 1.54) is 0 Å². The number of ether oxygens (including phenoxy) is 1. The first kappa shape index (κ1) is 11.3. The van der Waals surface area contributed by atoms with E-state index in [4.69, 9.17) is 10.5 Å². The van der Waals surface area contributed by atoms with Crippen molar-refractivity contribution >= 4 is 5.82 Å². The van der Waals surface area contributed by atoms with Crippen molar-refractivity contribution in [2.24, 2.45) is 0 Å². The van der Waals surface area contributed by atoms with Crippen LogP contribution in [0.3, 0.4) is 0 Å². The number of hydrogen-bond acceptors (Lipinski definition) is 4. The van der Waals surface area contributed by atoms with Crippen LogP contribution in [-0.4, -0.2) is 14.9 Å². The van der Waals surface area contributed by atoms with Gasteiger partial charge in [0.15, 0.2) is 0 Å². The summed E-state index contributed by atoms with van der Waals surface area (Å²) in [6, 6.07) is 6.65. The number of phenols is 1. The van der Waals surface area contributed by atoms with Crippen LogP contribution in [0.4, 0.5) is 5.82 Å². The molecule has 17 heavy (non-hydrogen) atoms. The topological polar surface area (TPSA) is 73.3 Å². The Balaban J connectivity index is 2.05. The lowest BCUT2D eigenvalue weighted by atomic mass is 10.3. The third kappa shape index (κ3) is 2.50. The number of nitrogen functional groups attached to an aromatic ring is 1. The van der Waals surface area contributed by atoms with Gasteiger partial charge in [-0.1, -0.05) is 6.07 Å². The second-order valence-corrected chi connectivity index (χ2v) is 3.66. The Morgan fingerprint density at radius 1 is 1.47 bits per heavy atom. The molecule has 0 saturated heterocycles. The summed E-state index contributed by atoms with van der Waals surface area (Å²) in [7, 11) is 0. The van der Waals surface area contributed by atoms with E-state index in [1.807, 2.05) is 6.92 Å². The van der Waals surface area contributed by atoms with Gasteiger partial charge >= 0.3 is 0 Å². The Bertz CT molecular complexity index is 508. The van der Waals surface area contributed by atoms with Crippen molar-refractivity contribution in [3.05, 3.63) is 36.0 Å². The van der Waals surface area contributed by atoms with Gasteiger partial charge in [-0.05, 0) is 19.1 Å². The van der Waals surface area contributed by atoms with E-state index >= 15 is 0 Å². The minimum absolute atomic E-state index is 0.180. The number of anilines is 1. The van der Waals surface area contributed by atoms with Gasteiger partial charge in [0.2, 0.25) is 0 Å². The highest BCUT2D eigenvalue weighted by atomic mass is 16.5. The van der Waals surface area contributed by atoms with Gasteiger partial charge in [-0.3, -0.25) is 4.68 Å². The number of benzene rings is 1. The molecule has 0 fully saturated rings. The van der Waals surface area contributed by atoms with Crippen LogP contribution in [0, 0.1) is 0 Å². The van der Waals surface area contributed by atoms with Crippen molar-refractivity contribution in [1.29, 1.82) is 0 Å². The van der Waals surface area contributed by atoms with Gasteiger partial charge in [-0.2, -0.15) is 5.10 Å². The van der Waals surface area contributed by atoms with Crippen molar-refractivity contribution in [2.45, 2.75) is 20.1 Å². The second-order valence-electron chi connectivity index (χ2n) is 3.66. The SMILES string of the molecule is CCn1ncc(COc2cccc(O)c2)c1N. The van der Waals surface area contributed by atoms with Gasteiger partial charge in [0.05, 0.1) is 11.8 Å². The van der Waals surface area contributed by atoms with Gasteiger partial charge in [0.25, 0.3) is 0 Å². The van der Waals surface area contributed by atoms with Crippen LogP contribution in [0.1, 0.15) is 12.5 Å². The minimum Gasteiger partial charge on any atom is -0.508 e. The van der Waals surface area contributed by atoms with Crippen LogP contribution < -0.4 is 10.5 Å². The predicted molar refractivity (Wildman–Crippen MR) is 64.8 cm³/mol. The summed E-state index contributed by atoms with van der Waals surface area (Å²) in [6.07, 6.45) is 1.70. The monoisotopic (exact) mass is 233 g/mol. The Kier molecular flexibility index (Phi) is 3.18. The van der Waals surface area contributed by atoms with Crippen LogP contribution >= 0.6 is 0 Å². The number of nitrogens with two attached hydrogens (primary N) is 1. The molecular weight excluding hydrogens is 218 g/mol. The maximum Gasteiger partial charge on any atom is 0.128 e. The maximum atomic E-state index is 9.29. The molecule has 1 heterocycles. The zero-order valence-electron chi connectivity index (χ0n) is 9.63. The van der Waals surface area contributed by atoms with E-state index in [9.17, 15) is 5.11 Å². The van der Waals surface area contributed by atoms with Crippen LogP contribution in [0.15, 0.2) is 30.5 Å². The molecule has 3 N–H and O–H groups in total. The van der Waals surface area contributed by atoms with Crippen molar-refractivity contribution in [2.75, 3.05) is 5.73 Å². The van der Waals surface area contributed by atoms with E-state index in [0.29, 0.717) is 18.2 Å². The van der Waals surface area contributed by atoms with Gasteiger partial charge in [-0.15, -0.1) is 0 Å². The largest absolute Gasteiger partial charge is 0.508 e. The summed E-state index contributed by atoms with van der Waals surface area (Å²) in [5.74, 6) is 1.40. The van der Waals surface area contributed by atoms with Crippen molar-refractivity contribution in [3.8, 4) is 11.5 Å². The molecule has 0 aliphatic rings. The number of aromatic nitrogens is 2. The number of phenolic OH excluding ortho intramolecular Hbond substituents is 1. The summed E-state index contributed by atoms with van der Waals surface area (Å²) in [6.45, 7) is 3.05. The van der Waals surface area contributed by atoms with Crippen molar-refractivity contribution in [3.63, 3.8) is 0 Å². The van der Waals surface area contributed by atoms with Crippen LogP contribution in [0.25, 0.3) is 0 Å². The van der Waals surface area contributed by atoms with Crippen LogP contribution in [0.5, 0.6) is 11.5 Å². The summed E-state index contributed by atoms with van der Waals surface area (Å²) >= 11 is 0. The molecule has 0 saturated carbocycles. The molecule has 5 heteroatoms. The molecule has 0 spiro atoms. The lowest BCUT2D eigenvalue weighted by Gasteiger charge is -2.06. The third-order valence-corrected chi connectivity index (χ3v) is 2.47. The normalized spacial score (nSPS) is 10.4. The van der Waals surface area contributed by atoms with Crippen molar-refractivity contribution in [1.82, 2.24) is 9.78 Å². The molecule has 5 nitrogen and oxygen atoms in total. The second kappa shape index (κ2) is 4.78. The van der Waals surface area contributed by atoms with Gasteiger partial charge < -0.3 is 15.6 Å². The molecule has 90 valence electrons. The van der Waals surface area contributed by atoms with Gasteiger partial charge in [0.1, 0.15) is 23.9 Å². The molecule has 0 atom stereocenters. The fourth-order valence-corrected chi connectivity index (χ4v) is 1.53. The summed E-state index contributed by atoms with van der Waals surface area (Å²) in [4.78, 5) is 0. The average Bonchev–Trinajstić information content (AvgIpc) is 2.67. The molecule has 1 aromatic heterocycles. The highest BCUT2D eigenvalue weighted by Gasteiger charge is 2.06. The molecule has 2 rings (SSSR count). The first-order chi connectivity index (χ1) is 8.20. The Labute approximate surface area is 99.4 Å². The molecule has 0 radical (unpaired) electrons. The van der Waals surface area contributed by atoms with E-state index in [2.05, 4.69) is 5.10 Å². The van der Waals surface area contributed by atoms with E-state index < -0.39 is 0 Å². The highest BCUT2D eigenvalue weighted by molar-refractivity contribution is 5.39. The third-order valence-electron chi connectivity index (χ3n) is 2.47. The molecule has 0 bridgehead atoms. The zero-order valence-corrected chi connectivity index (χ0v) is 9.63. The first-order valence-electron chi connectivity index (χ1n) is 5.42. The molecule has 0 aliphatic carbocycles. The maximum absolute atomic E-state index is 9.29. The number of aromatic hydroxyl groups is 1. The van der Waals surface area contributed by atoms with Crippen LogP contribution in [-0.2, 0) is 13.2 Å². The smallest absolute Gasteiger partial charge is 0.128 e. The lowest BCUT2D eigenvalue weighted by Crippen LogP contribution is -2.04. The first-order valence-corrected chi connectivity index (χ1v) is 5.42. The number of nitrogens with zero attached hydrogens (tertiary/aromatic N) is 2. The quantitative estimate of drug-likeness (QED) is 0.844. The minimum atomic E-state index is 0.180. The fourth-order valence-electron chi connectivity index (χ4n) is 1.53. The zero-order chi connectivity index (χ0) is 12.3. The summed E-state index contributed by atoms with van der Waals surface area (Å²) in [5, 5.41) is 13.4. The van der Waals surface area contributed by atoms with Gasteiger partial charge in [-0.25, -0.2) is 0 Å². The van der Waals surface area contributed by atoms with E-state index in [0.717, 1.165) is 12.1 Å². The standard InChI is InChI=1S/C12H15N3O2/c1-2-15-12(13)9(7-14-15)8-17-11-5-3-4-10(16)6-11/h3-7,16H,2,8,13H2,1H3. The van der Waals surface area contributed by atoms with E-state index in [-0.39, 0.29) is 5.75 Å². The van der Waals surface area contributed by atoms with Crippen LogP contribution in [0.2, 0.25) is 0 Å². The van der Waals surface area contributed by atoms with Gasteiger partial charge in [0, 0.05) is 12.6 Å². The Hall–Kier alpha value is -2.17. The molecular formula is C12H15N3O2. The Morgan fingerprint density at radius 3 is 2.94 bits per heavy atom. The average molecular weight is 233 g/mol. The molecule has 0 unspecified atom stereocenters. The molecule has 1 aromatic carbocycles. The Morgan fingerprint density at radius 2 is 2.29 bits per heavy atom. The number of rotatable bonds is 4. The number of hydrogen-bond donors (Lipinski definition) is 2. The summed E-state index contributed by atoms with van der Waals surface area (Å²) < 4.78 is 7.23. The lowest BCUT2D eigenvalue weighted by molar-refractivity contribution is 0.305. The molecule has 0 aliphatic heterocycles. The predicted octanol–water partition coefficient (Wildman–Crippen LogP) is 1.77. The summed E-state index contributed by atoms with van der Waals surface area (Å²) in [5.41, 5.74) is 6.72. The number of aryl methyl sites for hydroxylation is 1. The fraction of sp³-hybridized carbons (Fsp3) is 0.250. The molecule has 2 aromatic rings. The highest BCUT2D eigenvalue weighted by Crippen LogP contribution is 2.20.